The van der Waals surface area contributed by atoms with Gasteiger partial charge in [-0.3, -0.25) is 0 Å². The first-order chi connectivity index (χ1) is 7.83. The number of methoxy groups -OCH3 is 1. The van der Waals surface area contributed by atoms with Gasteiger partial charge in [0.25, 0.3) is 0 Å². The zero-order valence-electron chi connectivity index (χ0n) is 9.09. The predicted molar refractivity (Wildman–Crippen MR) is 60.9 cm³/mol. The van der Waals surface area contributed by atoms with Crippen LogP contribution in [0, 0.1) is 0 Å². The molecule has 0 spiro atoms. The lowest BCUT2D eigenvalue weighted by Crippen LogP contribution is -2.10. The summed E-state index contributed by atoms with van der Waals surface area (Å²) in [5.41, 5.74) is 0.361. The van der Waals surface area contributed by atoms with E-state index in [-0.39, 0.29) is 6.42 Å². The molecule has 1 aromatic rings. The highest BCUT2D eigenvalue weighted by molar-refractivity contribution is 9.10. The minimum Gasteiger partial charge on any atom is -0.496 e. The lowest BCUT2D eigenvalue weighted by atomic mass is 10.0. The van der Waals surface area contributed by atoms with E-state index in [1.54, 1.807) is 18.2 Å². The molecule has 2 nitrogen and oxygen atoms in total. The molecule has 0 fully saturated rings. The molecule has 0 aromatic heterocycles. The molecule has 1 unspecified atom stereocenters. The van der Waals surface area contributed by atoms with Crippen LogP contribution in [-0.2, 0) is 0 Å². The maximum atomic E-state index is 12.0. The van der Waals surface area contributed by atoms with E-state index in [4.69, 9.17) is 4.74 Å². The molecule has 17 heavy (non-hydrogen) atoms. The van der Waals surface area contributed by atoms with Gasteiger partial charge in [0.2, 0.25) is 0 Å². The number of hydrogen-bond donors (Lipinski definition) is 1. The highest BCUT2D eigenvalue weighted by atomic mass is 79.9. The van der Waals surface area contributed by atoms with Crippen LogP contribution >= 0.6 is 15.9 Å². The van der Waals surface area contributed by atoms with Gasteiger partial charge >= 0.3 is 6.18 Å². The average molecular weight is 313 g/mol. The Kier molecular flexibility index (Phi) is 4.82. The molecule has 0 aliphatic heterocycles. The summed E-state index contributed by atoms with van der Waals surface area (Å²) in [7, 11) is 1.40. The van der Waals surface area contributed by atoms with Gasteiger partial charge in [-0.15, -0.1) is 0 Å². The molecule has 6 heteroatoms. The van der Waals surface area contributed by atoms with Crippen molar-refractivity contribution in [1.82, 2.24) is 0 Å². The summed E-state index contributed by atoms with van der Waals surface area (Å²) in [6.45, 7) is 0. The topological polar surface area (TPSA) is 29.5 Å². The van der Waals surface area contributed by atoms with Gasteiger partial charge in [0, 0.05) is 16.5 Å². The van der Waals surface area contributed by atoms with Crippen molar-refractivity contribution < 1.29 is 23.0 Å². The van der Waals surface area contributed by atoms with Gasteiger partial charge in [-0.2, -0.15) is 13.2 Å². The summed E-state index contributed by atoms with van der Waals surface area (Å²) in [6.07, 6.45) is -6.84. The van der Waals surface area contributed by atoms with Crippen molar-refractivity contribution in [2.75, 3.05) is 7.11 Å². The molecule has 0 saturated heterocycles. The van der Waals surface area contributed by atoms with Gasteiger partial charge in [-0.1, -0.05) is 22.0 Å². The number of ether oxygens (including phenoxy) is 1. The third-order valence-corrected chi connectivity index (χ3v) is 2.75. The van der Waals surface area contributed by atoms with Crippen LogP contribution in [0.2, 0.25) is 0 Å². The number of halogens is 4. The third-order valence-electron chi connectivity index (χ3n) is 2.26. The monoisotopic (exact) mass is 312 g/mol. The molecular formula is C11H12BrF3O2. The molecular weight excluding hydrogens is 301 g/mol. The highest BCUT2D eigenvalue weighted by Gasteiger charge is 2.28. The quantitative estimate of drug-likeness (QED) is 0.915. The minimum atomic E-state index is -4.26. The Balaban J connectivity index is 2.78. The number of benzene rings is 1. The van der Waals surface area contributed by atoms with E-state index in [0.717, 1.165) is 4.47 Å². The van der Waals surface area contributed by atoms with E-state index in [1.165, 1.54) is 7.11 Å². The molecule has 0 radical (unpaired) electrons. The van der Waals surface area contributed by atoms with E-state index in [9.17, 15) is 18.3 Å². The van der Waals surface area contributed by atoms with Crippen molar-refractivity contribution in [2.45, 2.75) is 25.1 Å². The van der Waals surface area contributed by atoms with Crippen LogP contribution in [0.15, 0.2) is 22.7 Å². The van der Waals surface area contributed by atoms with Crippen LogP contribution in [0.25, 0.3) is 0 Å². The van der Waals surface area contributed by atoms with Gasteiger partial charge in [0.15, 0.2) is 0 Å². The van der Waals surface area contributed by atoms with E-state index >= 15 is 0 Å². The Bertz CT molecular complexity index is 379. The first-order valence-electron chi connectivity index (χ1n) is 4.92. The maximum absolute atomic E-state index is 12.0. The molecule has 1 rings (SSSR count). The van der Waals surface area contributed by atoms with E-state index < -0.39 is 18.7 Å². The lowest BCUT2D eigenvalue weighted by molar-refractivity contribution is -0.140. The second-order valence-electron chi connectivity index (χ2n) is 3.56. The second-order valence-corrected chi connectivity index (χ2v) is 4.47. The molecule has 1 atom stereocenters. The van der Waals surface area contributed by atoms with Gasteiger partial charge in [-0.05, 0) is 18.6 Å². The number of aliphatic hydroxyl groups is 1. The zero-order valence-corrected chi connectivity index (χ0v) is 10.7. The van der Waals surface area contributed by atoms with Crippen LogP contribution in [0.1, 0.15) is 24.5 Å². The maximum Gasteiger partial charge on any atom is 0.389 e. The van der Waals surface area contributed by atoms with Crippen molar-refractivity contribution in [3.63, 3.8) is 0 Å². The highest BCUT2D eigenvalue weighted by Crippen LogP contribution is 2.33. The van der Waals surface area contributed by atoms with Crippen LogP contribution in [0.5, 0.6) is 5.75 Å². The summed E-state index contributed by atoms with van der Waals surface area (Å²) in [4.78, 5) is 0. The van der Waals surface area contributed by atoms with Gasteiger partial charge < -0.3 is 9.84 Å². The van der Waals surface area contributed by atoms with Crippen LogP contribution in [0.4, 0.5) is 13.2 Å². The Morgan fingerprint density at radius 1 is 1.41 bits per heavy atom. The number of rotatable bonds is 4. The van der Waals surface area contributed by atoms with Gasteiger partial charge in [0.05, 0.1) is 13.2 Å². The van der Waals surface area contributed by atoms with E-state index in [2.05, 4.69) is 15.9 Å². The Morgan fingerprint density at radius 3 is 2.59 bits per heavy atom. The normalized spacial score (nSPS) is 13.5. The fourth-order valence-corrected chi connectivity index (χ4v) is 1.76. The lowest BCUT2D eigenvalue weighted by Gasteiger charge is -2.16. The molecule has 0 amide bonds. The first-order valence-corrected chi connectivity index (χ1v) is 5.71. The Labute approximate surface area is 106 Å². The molecule has 96 valence electrons. The fourth-order valence-electron chi connectivity index (χ4n) is 1.42. The second kappa shape index (κ2) is 5.73. The standard InChI is InChI=1S/C11H12BrF3O2/c1-17-10-6-7(12)2-3-8(10)9(16)4-5-11(13,14)15/h2-3,6,9,16H,4-5H2,1H3. The summed E-state index contributed by atoms with van der Waals surface area (Å²) < 4.78 is 41.8. The van der Waals surface area contributed by atoms with Crippen LogP contribution in [-0.4, -0.2) is 18.4 Å². The zero-order chi connectivity index (χ0) is 13.1. The molecule has 1 aromatic carbocycles. The average Bonchev–Trinajstić information content (AvgIpc) is 2.24. The van der Waals surface area contributed by atoms with Gasteiger partial charge in [0.1, 0.15) is 5.75 Å². The fraction of sp³-hybridized carbons (Fsp3) is 0.455. The van der Waals surface area contributed by atoms with Crippen molar-refractivity contribution in [3.8, 4) is 5.75 Å². The predicted octanol–water partition coefficient (Wildman–Crippen LogP) is 3.83. The molecule has 0 aliphatic rings. The largest absolute Gasteiger partial charge is 0.496 e. The van der Waals surface area contributed by atoms with Crippen LogP contribution < -0.4 is 4.74 Å². The number of hydrogen-bond acceptors (Lipinski definition) is 2. The summed E-state index contributed by atoms with van der Waals surface area (Å²) in [5, 5.41) is 9.69. The van der Waals surface area contributed by atoms with Crippen molar-refractivity contribution in [2.24, 2.45) is 0 Å². The number of aliphatic hydroxyl groups excluding tert-OH is 1. The third kappa shape index (κ3) is 4.55. The molecule has 0 aliphatic carbocycles. The van der Waals surface area contributed by atoms with Crippen molar-refractivity contribution >= 4 is 15.9 Å². The summed E-state index contributed by atoms with van der Waals surface area (Å²) in [5.74, 6) is 0.369. The number of alkyl halides is 3. The molecule has 0 heterocycles. The smallest absolute Gasteiger partial charge is 0.389 e. The summed E-state index contributed by atoms with van der Waals surface area (Å²) >= 11 is 3.22. The van der Waals surface area contributed by atoms with Crippen molar-refractivity contribution in [3.05, 3.63) is 28.2 Å². The summed E-state index contributed by atoms with van der Waals surface area (Å²) in [6, 6.07) is 4.80. The minimum absolute atomic E-state index is 0.361. The van der Waals surface area contributed by atoms with E-state index in [1.807, 2.05) is 0 Å². The SMILES string of the molecule is COc1cc(Br)ccc1C(O)CCC(F)(F)F. The Hall–Kier alpha value is -0.750. The van der Waals surface area contributed by atoms with Crippen LogP contribution in [0.3, 0.4) is 0 Å². The van der Waals surface area contributed by atoms with Crippen molar-refractivity contribution in [1.29, 1.82) is 0 Å². The van der Waals surface area contributed by atoms with Gasteiger partial charge in [-0.25, -0.2) is 0 Å². The molecule has 1 N–H and O–H groups in total. The van der Waals surface area contributed by atoms with E-state index in [0.29, 0.717) is 11.3 Å². The molecule has 0 bridgehead atoms. The first kappa shape index (κ1) is 14.3. The molecule has 0 saturated carbocycles. The Morgan fingerprint density at radius 2 is 2.06 bits per heavy atom.